The Morgan fingerprint density at radius 3 is 2.12 bits per heavy atom. The first kappa shape index (κ1) is 35.1. The Kier molecular flexibility index (Phi) is 9.59. The van der Waals surface area contributed by atoms with E-state index in [9.17, 15) is 45.7 Å². The predicted molar refractivity (Wildman–Crippen MR) is 178 cm³/mol. The van der Waals surface area contributed by atoms with E-state index in [0.29, 0.717) is 0 Å². The minimum Gasteiger partial charge on any atom is -0.512 e. The summed E-state index contributed by atoms with van der Waals surface area (Å²) in [4.78, 5) is 54.7. The fourth-order valence-electron chi connectivity index (χ4n) is 5.69. The number of rotatable bonds is 11. The lowest BCUT2D eigenvalue weighted by molar-refractivity contribution is -0.161. The zero-order chi connectivity index (χ0) is 35.8. The van der Waals surface area contributed by atoms with Gasteiger partial charge in [-0.05, 0) is 56.8 Å². The lowest BCUT2D eigenvalue weighted by atomic mass is 9.97. The molecule has 256 valence electrons. The maximum absolute atomic E-state index is 14.0. The van der Waals surface area contributed by atoms with Crippen molar-refractivity contribution in [2.75, 3.05) is 24.3 Å². The summed E-state index contributed by atoms with van der Waals surface area (Å²) < 4.78 is 72.1. The molecule has 0 spiro atoms. The molecule has 0 radical (unpaired) electrons. The van der Waals surface area contributed by atoms with Gasteiger partial charge in [0.05, 0.1) is 45.7 Å². The highest BCUT2D eigenvalue weighted by Gasteiger charge is 2.32. The van der Waals surface area contributed by atoms with Gasteiger partial charge in [0.25, 0.3) is 15.7 Å². The normalized spacial score (nSPS) is 12.8. The SMILES string of the molecule is CCOC(=O)C(CCS(=O)(=O)c1cccc(Nc2cc(S(=O)(=O)O)c3nc(=O)c(=C(C)O)c4c5ccccc5c(=O)c2c3=4)c1)C(=O)OCC. The van der Waals surface area contributed by atoms with Gasteiger partial charge >= 0.3 is 11.9 Å². The minimum atomic E-state index is -5.07. The number of sulfone groups is 1. The molecule has 0 aromatic heterocycles. The van der Waals surface area contributed by atoms with Crippen molar-refractivity contribution in [3.63, 3.8) is 0 Å². The molecule has 0 bridgehead atoms. The topological polar surface area (TPSA) is 220 Å². The van der Waals surface area contributed by atoms with Crippen LogP contribution in [0.2, 0.25) is 0 Å². The number of nitrogens with one attached hydrogen (secondary N) is 1. The molecule has 1 aliphatic carbocycles. The number of esters is 2. The third kappa shape index (κ3) is 6.62. The number of ether oxygens (including phenoxy) is 2. The molecule has 0 saturated heterocycles. The summed E-state index contributed by atoms with van der Waals surface area (Å²) in [6.45, 7) is 4.24. The molecular formula is C33H30N2O12S2. The molecule has 0 atom stereocenters. The van der Waals surface area contributed by atoms with Crippen molar-refractivity contribution in [2.45, 2.75) is 37.0 Å². The van der Waals surface area contributed by atoms with Crippen LogP contribution in [0.5, 0.6) is 0 Å². The van der Waals surface area contributed by atoms with Gasteiger partial charge in [-0.1, -0.05) is 30.3 Å². The minimum absolute atomic E-state index is 0.0304. The zero-order valence-corrected chi connectivity index (χ0v) is 28.0. The van der Waals surface area contributed by atoms with Crippen LogP contribution in [0.25, 0.3) is 27.4 Å². The van der Waals surface area contributed by atoms with Crippen molar-refractivity contribution in [3.8, 4) is 0 Å². The van der Waals surface area contributed by atoms with Crippen LogP contribution in [-0.4, -0.2) is 62.4 Å². The van der Waals surface area contributed by atoms with Crippen molar-refractivity contribution in [3.05, 3.63) is 90.8 Å². The maximum atomic E-state index is 14.0. The van der Waals surface area contributed by atoms with Crippen LogP contribution in [0.1, 0.15) is 27.2 Å². The van der Waals surface area contributed by atoms with Gasteiger partial charge in [0, 0.05) is 21.5 Å². The van der Waals surface area contributed by atoms with Gasteiger partial charge in [0.15, 0.2) is 21.2 Å². The van der Waals surface area contributed by atoms with Crippen LogP contribution in [0.3, 0.4) is 0 Å². The number of hydrogen-bond acceptors (Lipinski definition) is 13. The molecule has 3 N–H and O–H groups in total. The average Bonchev–Trinajstić information content (AvgIpc) is 3.03. The van der Waals surface area contributed by atoms with E-state index in [1.807, 2.05) is 0 Å². The number of aliphatic hydroxyl groups is 1. The first-order chi connectivity index (χ1) is 23.1. The molecule has 1 aliphatic heterocycles. The van der Waals surface area contributed by atoms with Crippen LogP contribution < -0.4 is 21.5 Å². The van der Waals surface area contributed by atoms with E-state index >= 15 is 0 Å². The van der Waals surface area contributed by atoms with Crippen LogP contribution in [-0.2, 0) is 39.0 Å². The second-order valence-corrected chi connectivity index (χ2v) is 14.4. The molecule has 0 saturated carbocycles. The smallest absolute Gasteiger partial charge is 0.320 e. The predicted octanol–water partition coefficient (Wildman–Crippen LogP) is 2.57. The lowest BCUT2D eigenvalue weighted by Gasteiger charge is -2.16. The van der Waals surface area contributed by atoms with Crippen LogP contribution >= 0.6 is 0 Å². The molecule has 16 heteroatoms. The van der Waals surface area contributed by atoms with Crippen molar-refractivity contribution < 1.29 is 45.6 Å². The molecule has 2 aliphatic rings. The summed E-state index contributed by atoms with van der Waals surface area (Å²) in [5, 5.41) is 13.2. The van der Waals surface area contributed by atoms with Gasteiger partial charge < -0.3 is 19.9 Å². The number of aliphatic hydroxyl groups excluding tert-OH is 1. The summed E-state index contributed by atoms with van der Waals surface area (Å²) >= 11 is 0. The molecule has 0 unspecified atom stereocenters. The van der Waals surface area contributed by atoms with Gasteiger partial charge in [0.2, 0.25) is 0 Å². The van der Waals surface area contributed by atoms with E-state index in [2.05, 4.69) is 10.3 Å². The van der Waals surface area contributed by atoms with E-state index < -0.39 is 77.1 Å². The Hall–Kier alpha value is -5.19. The number of benzene rings is 3. The third-order valence-electron chi connectivity index (χ3n) is 7.79. The van der Waals surface area contributed by atoms with Gasteiger partial charge in [-0.15, -0.1) is 0 Å². The third-order valence-corrected chi connectivity index (χ3v) is 10.4. The number of anilines is 2. The largest absolute Gasteiger partial charge is 0.512 e. The monoisotopic (exact) mass is 710 g/mol. The van der Waals surface area contributed by atoms with Gasteiger partial charge in [0.1, 0.15) is 10.7 Å². The number of aromatic nitrogens is 1. The van der Waals surface area contributed by atoms with E-state index in [1.54, 1.807) is 12.1 Å². The van der Waals surface area contributed by atoms with Crippen LogP contribution in [0, 0.1) is 16.4 Å². The van der Waals surface area contributed by atoms with Gasteiger partial charge in [-0.3, -0.25) is 23.7 Å². The Bertz CT molecular complexity index is 2590. The summed E-state index contributed by atoms with van der Waals surface area (Å²) in [7, 11) is -9.22. The molecule has 3 aromatic rings. The second-order valence-electron chi connectivity index (χ2n) is 10.9. The highest BCUT2D eigenvalue weighted by Crippen LogP contribution is 2.32. The number of carbonyl (C=O) groups is 2. The van der Waals surface area contributed by atoms with E-state index in [0.717, 1.165) is 6.07 Å². The average molecular weight is 711 g/mol. The zero-order valence-electron chi connectivity index (χ0n) is 26.3. The Morgan fingerprint density at radius 1 is 0.898 bits per heavy atom. The van der Waals surface area contributed by atoms with Crippen LogP contribution in [0.15, 0.2) is 74.0 Å². The summed E-state index contributed by atoms with van der Waals surface area (Å²) in [5.41, 5.74) is -2.20. The second kappa shape index (κ2) is 13.4. The molecular weight excluding hydrogens is 680 g/mol. The molecule has 0 fully saturated rings. The number of carbonyl (C=O) groups excluding carboxylic acids is 2. The Morgan fingerprint density at radius 2 is 1.53 bits per heavy atom. The van der Waals surface area contributed by atoms with Gasteiger partial charge in [-0.2, -0.15) is 8.42 Å². The highest BCUT2D eigenvalue weighted by atomic mass is 32.2. The molecule has 49 heavy (non-hydrogen) atoms. The lowest BCUT2D eigenvalue weighted by Crippen LogP contribution is -2.32. The fourth-order valence-corrected chi connectivity index (χ4v) is 7.73. The molecule has 3 aromatic carbocycles. The first-order valence-electron chi connectivity index (χ1n) is 14.9. The number of fused-ring (bicyclic) bond motifs is 2. The quantitative estimate of drug-likeness (QED) is 0.102. The molecule has 1 heterocycles. The van der Waals surface area contributed by atoms with E-state index in [1.165, 1.54) is 57.2 Å². The van der Waals surface area contributed by atoms with Crippen molar-refractivity contribution in [2.24, 2.45) is 5.92 Å². The molecule has 0 amide bonds. The van der Waals surface area contributed by atoms with Crippen molar-refractivity contribution >= 4 is 70.7 Å². The van der Waals surface area contributed by atoms with Crippen molar-refractivity contribution in [1.29, 1.82) is 0 Å². The summed E-state index contributed by atoms with van der Waals surface area (Å²) in [5.74, 6) is -4.41. The molecule has 14 nitrogen and oxygen atoms in total. The van der Waals surface area contributed by atoms with Crippen molar-refractivity contribution in [1.82, 2.24) is 4.98 Å². The Balaban J connectivity index is 1.70. The van der Waals surface area contributed by atoms with Crippen LogP contribution in [0.4, 0.5) is 11.4 Å². The Labute approximate surface area is 278 Å². The number of hydrogen-bond donors (Lipinski definition) is 3. The fraction of sp³-hybridized carbons (Fsp3) is 0.242. The molecule has 5 rings (SSSR count). The maximum Gasteiger partial charge on any atom is 0.320 e. The standard InChI is InChI=1S/C33H30N2O12S2/c1-4-46-32(39)22(33(40)47-5-2)13-14-48(41,42)19-10-8-9-18(15-19)34-23-16-24(49(43,44)45)29-28-26(25(17(3)36)31(38)35-29)20-11-6-7-12-21(20)30(37)27(23)28/h6-12,15-16,22,34,36H,4-5,13-14H2,1-3H3,(H,43,44,45). The van der Waals surface area contributed by atoms with Gasteiger partial charge in [-0.25, -0.2) is 13.4 Å². The summed E-state index contributed by atoms with van der Waals surface area (Å²) in [6, 6.07) is 12.4. The first-order valence-corrected chi connectivity index (χ1v) is 18.0. The van der Waals surface area contributed by atoms with E-state index in [-0.39, 0.29) is 61.3 Å². The highest BCUT2D eigenvalue weighted by molar-refractivity contribution is 7.91. The summed E-state index contributed by atoms with van der Waals surface area (Å²) in [6.07, 6.45) is -0.431. The van der Waals surface area contributed by atoms with E-state index in [4.69, 9.17) is 9.47 Å². The number of nitrogens with zero attached hydrogens (tertiary/aromatic N) is 1.